The van der Waals surface area contributed by atoms with Crippen molar-refractivity contribution in [3.05, 3.63) is 46.7 Å². The standard InChI is InChI=1S/C10H8ClN3O/c11-6-1-2-8(12)7(5-6)10(15)9-3-4-13-14-9/h1-5H,12H2,(H,13,14). The number of nitrogens with two attached hydrogens (primary N) is 1. The van der Waals surface area contributed by atoms with E-state index in [0.29, 0.717) is 22.0 Å². The van der Waals surface area contributed by atoms with E-state index >= 15 is 0 Å². The number of rotatable bonds is 2. The van der Waals surface area contributed by atoms with E-state index in [1.807, 2.05) is 0 Å². The fourth-order valence-corrected chi connectivity index (χ4v) is 1.42. The number of nitrogens with one attached hydrogen (secondary N) is 1. The maximum absolute atomic E-state index is 11.9. The molecule has 2 rings (SSSR count). The van der Waals surface area contributed by atoms with Gasteiger partial charge in [-0.15, -0.1) is 0 Å². The van der Waals surface area contributed by atoms with Gasteiger partial charge in [0, 0.05) is 22.5 Å². The monoisotopic (exact) mass is 221 g/mol. The highest BCUT2D eigenvalue weighted by Crippen LogP contribution is 2.20. The molecule has 3 N–H and O–H groups in total. The number of hydrogen-bond donors (Lipinski definition) is 2. The molecule has 76 valence electrons. The van der Waals surface area contributed by atoms with Crippen LogP contribution in [0.25, 0.3) is 0 Å². The first kappa shape index (κ1) is 9.73. The van der Waals surface area contributed by atoms with Gasteiger partial charge in [-0.2, -0.15) is 5.10 Å². The number of aromatic amines is 1. The molecular formula is C10H8ClN3O. The predicted molar refractivity (Wildman–Crippen MR) is 57.9 cm³/mol. The van der Waals surface area contributed by atoms with Crippen LogP contribution in [0, 0.1) is 0 Å². The molecule has 0 spiro atoms. The summed E-state index contributed by atoms with van der Waals surface area (Å²) in [5.74, 6) is -0.215. The Morgan fingerprint density at radius 3 is 2.87 bits per heavy atom. The second-order valence-electron chi connectivity index (χ2n) is 3.03. The fourth-order valence-electron chi connectivity index (χ4n) is 1.25. The van der Waals surface area contributed by atoms with Crippen LogP contribution >= 0.6 is 11.6 Å². The Bertz CT molecular complexity index is 493. The lowest BCUT2D eigenvalue weighted by molar-refractivity contribution is 0.103. The molecule has 0 bridgehead atoms. The van der Waals surface area contributed by atoms with Gasteiger partial charge in [-0.1, -0.05) is 11.6 Å². The lowest BCUT2D eigenvalue weighted by atomic mass is 10.1. The number of carbonyl (C=O) groups excluding carboxylic acids is 1. The molecule has 0 radical (unpaired) electrons. The molecule has 0 unspecified atom stereocenters. The minimum Gasteiger partial charge on any atom is -0.398 e. The second kappa shape index (κ2) is 3.74. The summed E-state index contributed by atoms with van der Waals surface area (Å²) in [5.41, 5.74) is 6.86. The molecule has 0 saturated heterocycles. The molecule has 2 aromatic rings. The number of anilines is 1. The van der Waals surface area contributed by atoms with Gasteiger partial charge >= 0.3 is 0 Å². The van der Waals surface area contributed by atoms with Crippen LogP contribution in [0.5, 0.6) is 0 Å². The average Bonchev–Trinajstić information content (AvgIpc) is 2.74. The zero-order chi connectivity index (χ0) is 10.8. The molecule has 0 atom stereocenters. The van der Waals surface area contributed by atoms with E-state index in [4.69, 9.17) is 17.3 Å². The average molecular weight is 222 g/mol. The van der Waals surface area contributed by atoms with Crippen LogP contribution < -0.4 is 5.73 Å². The fraction of sp³-hybridized carbons (Fsp3) is 0. The molecule has 1 aromatic heterocycles. The van der Waals surface area contributed by atoms with Gasteiger partial charge in [0.2, 0.25) is 5.78 Å². The van der Waals surface area contributed by atoms with Crippen LogP contribution in [0.2, 0.25) is 5.02 Å². The van der Waals surface area contributed by atoms with E-state index in [1.54, 1.807) is 24.3 Å². The van der Waals surface area contributed by atoms with Gasteiger partial charge in [0.25, 0.3) is 0 Å². The topological polar surface area (TPSA) is 71.8 Å². The van der Waals surface area contributed by atoms with Crippen molar-refractivity contribution in [1.29, 1.82) is 0 Å². The first-order chi connectivity index (χ1) is 7.18. The van der Waals surface area contributed by atoms with Crippen molar-refractivity contribution in [2.75, 3.05) is 5.73 Å². The number of aromatic nitrogens is 2. The number of hydrogen-bond acceptors (Lipinski definition) is 3. The number of nitrogen functional groups attached to an aromatic ring is 1. The van der Waals surface area contributed by atoms with Gasteiger partial charge in [-0.05, 0) is 24.3 Å². The minimum atomic E-state index is -0.215. The number of benzene rings is 1. The quantitative estimate of drug-likeness (QED) is 0.601. The first-order valence-corrected chi connectivity index (χ1v) is 4.65. The Morgan fingerprint density at radius 2 is 2.20 bits per heavy atom. The number of halogens is 1. The SMILES string of the molecule is Nc1ccc(Cl)cc1C(=O)c1ccn[nH]1. The number of carbonyl (C=O) groups is 1. The minimum absolute atomic E-state index is 0.215. The highest BCUT2D eigenvalue weighted by Gasteiger charge is 2.13. The Morgan fingerprint density at radius 1 is 1.40 bits per heavy atom. The van der Waals surface area contributed by atoms with Gasteiger partial charge in [-0.3, -0.25) is 9.89 Å². The Kier molecular flexibility index (Phi) is 2.43. The smallest absolute Gasteiger partial charge is 0.212 e. The molecular weight excluding hydrogens is 214 g/mol. The van der Waals surface area contributed by atoms with Gasteiger partial charge in [-0.25, -0.2) is 0 Å². The number of H-pyrrole nitrogens is 1. The summed E-state index contributed by atoms with van der Waals surface area (Å²) in [6.45, 7) is 0. The third-order valence-corrected chi connectivity index (χ3v) is 2.24. The highest BCUT2D eigenvalue weighted by atomic mass is 35.5. The summed E-state index contributed by atoms with van der Waals surface area (Å²) in [5, 5.41) is 6.76. The van der Waals surface area contributed by atoms with Crippen molar-refractivity contribution < 1.29 is 4.79 Å². The van der Waals surface area contributed by atoms with Crippen molar-refractivity contribution in [2.45, 2.75) is 0 Å². The molecule has 0 saturated carbocycles. The van der Waals surface area contributed by atoms with E-state index in [1.165, 1.54) is 6.20 Å². The molecule has 4 nitrogen and oxygen atoms in total. The summed E-state index contributed by atoms with van der Waals surface area (Å²) in [6.07, 6.45) is 1.51. The summed E-state index contributed by atoms with van der Waals surface area (Å²) >= 11 is 5.79. The van der Waals surface area contributed by atoms with E-state index in [0.717, 1.165) is 0 Å². The molecule has 0 amide bonds. The molecule has 1 heterocycles. The van der Waals surface area contributed by atoms with Crippen LogP contribution in [-0.4, -0.2) is 16.0 Å². The maximum Gasteiger partial charge on any atom is 0.212 e. The molecule has 15 heavy (non-hydrogen) atoms. The Hall–Kier alpha value is -1.81. The number of nitrogens with zero attached hydrogens (tertiary/aromatic N) is 1. The zero-order valence-corrected chi connectivity index (χ0v) is 8.45. The summed E-state index contributed by atoms with van der Waals surface area (Å²) in [7, 11) is 0. The summed E-state index contributed by atoms with van der Waals surface area (Å²) in [4.78, 5) is 11.9. The highest BCUT2D eigenvalue weighted by molar-refractivity contribution is 6.31. The van der Waals surface area contributed by atoms with Crippen LogP contribution in [0.3, 0.4) is 0 Å². The Balaban J connectivity index is 2.46. The molecule has 0 fully saturated rings. The van der Waals surface area contributed by atoms with Crippen molar-refractivity contribution in [3.8, 4) is 0 Å². The van der Waals surface area contributed by atoms with Gasteiger partial charge in [0.1, 0.15) is 5.69 Å². The number of ketones is 1. The van der Waals surface area contributed by atoms with Crippen molar-refractivity contribution in [2.24, 2.45) is 0 Å². The van der Waals surface area contributed by atoms with Gasteiger partial charge in [0.05, 0.1) is 0 Å². The summed E-state index contributed by atoms with van der Waals surface area (Å²) < 4.78 is 0. The first-order valence-electron chi connectivity index (χ1n) is 4.27. The maximum atomic E-state index is 11.9. The van der Waals surface area contributed by atoms with E-state index in [9.17, 15) is 4.79 Å². The third kappa shape index (κ3) is 1.85. The normalized spacial score (nSPS) is 10.2. The molecule has 0 aliphatic carbocycles. The lowest BCUT2D eigenvalue weighted by Crippen LogP contribution is -2.05. The van der Waals surface area contributed by atoms with Gasteiger partial charge in [0.15, 0.2) is 0 Å². The summed E-state index contributed by atoms with van der Waals surface area (Å²) in [6, 6.07) is 6.37. The largest absolute Gasteiger partial charge is 0.398 e. The van der Waals surface area contributed by atoms with E-state index < -0.39 is 0 Å². The zero-order valence-electron chi connectivity index (χ0n) is 7.70. The Labute approximate surface area is 91.1 Å². The molecule has 5 heteroatoms. The van der Waals surface area contributed by atoms with Crippen molar-refractivity contribution >= 4 is 23.1 Å². The third-order valence-electron chi connectivity index (χ3n) is 2.01. The van der Waals surface area contributed by atoms with E-state index in [2.05, 4.69) is 10.2 Å². The lowest BCUT2D eigenvalue weighted by Gasteiger charge is -2.03. The van der Waals surface area contributed by atoms with E-state index in [-0.39, 0.29) is 5.78 Å². The van der Waals surface area contributed by atoms with Crippen LogP contribution in [0.15, 0.2) is 30.5 Å². The molecule has 1 aromatic carbocycles. The predicted octanol–water partition coefficient (Wildman–Crippen LogP) is 1.88. The second-order valence-corrected chi connectivity index (χ2v) is 3.47. The van der Waals surface area contributed by atoms with Crippen molar-refractivity contribution in [1.82, 2.24) is 10.2 Å². The van der Waals surface area contributed by atoms with Crippen molar-refractivity contribution in [3.63, 3.8) is 0 Å². The molecule has 0 aliphatic heterocycles. The van der Waals surface area contributed by atoms with Crippen LogP contribution in [0.4, 0.5) is 5.69 Å². The van der Waals surface area contributed by atoms with Crippen LogP contribution in [-0.2, 0) is 0 Å². The van der Waals surface area contributed by atoms with Gasteiger partial charge < -0.3 is 5.73 Å². The molecule has 0 aliphatic rings. The van der Waals surface area contributed by atoms with Crippen LogP contribution in [0.1, 0.15) is 16.1 Å².